The van der Waals surface area contributed by atoms with Crippen LogP contribution in [-0.4, -0.2) is 48.3 Å². The first-order valence-electron chi connectivity index (χ1n) is 8.39. The summed E-state index contributed by atoms with van der Waals surface area (Å²) in [6.07, 6.45) is 10.6. The van der Waals surface area contributed by atoms with Gasteiger partial charge in [0.1, 0.15) is 0 Å². The Morgan fingerprint density at radius 2 is 1.95 bits per heavy atom. The molecular weight excluding hydrogens is 236 g/mol. The summed E-state index contributed by atoms with van der Waals surface area (Å²) in [6, 6.07) is 1.22. The van der Waals surface area contributed by atoms with Gasteiger partial charge < -0.3 is 10.4 Å². The molecule has 3 atom stereocenters. The van der Waals surface area contributed by atoms with Gasteiger partial charge >= 0.3 is 0 Å². The Morgan fingerprint density at radius 3 is 2.74 bits per heavy atom. The van der Waals surface area contributed by atoms with Gasteiger partial charge in [-0.15, -0.1) is 0 Å². The molecule has 0 aromatic heterocycles. The van der Waals surface area contributed by atoms with E-state index in [-0.39, 0.29) is 0 Å². The number of unbranched alkanes of at least 4 members (excludes halogenated alkanes) is 1. The fraction of sp³-hybridized carbons (Fsp3) is 1.00. The van der Waals surface area contributed by atoms with Gasteiger partial charge in [-0.05, 0) is 64.1 Å². The zero-order valence-corrected chi connectivity index (χ0v) is 12.6. The van der Waals surface area contributed by atoms with E-state index in [2.05, 4.69) is 17.1 Å². The van der Waals surface area contributed by atoms with Gasteiger partial charge in [0, 0.05) is 12.1 Å². The van der Waals surface area contributed by atoms with Crippen molar-refractivity contribution < 1.29 is 5.11 Å². The quantitative estimate of drug-likeness (QED) is 0.696. The van der Waals surface area contributed by atoms with Crippen LogP contribution in [0.4, 0.5) is 0 Å². The molecule has 3 heteroatoms. The molecule has 112 valence electrons. The second kappa shape index (κ2) is 8.23. The monoisotopic (exact) mass is 268 g/mol. The predicted molar refractivity (Wildman–Crippen MR) is 80.3 cm³/mol. The van der Waals surface area contributed by atoms with Gasteiger partial charge in [-0.2, -0.15) is 0 Å². The molecule has 0 bridgehead atoms. The number of hydrogen-bond acceptors (Lipinski definition) is 3. The molecule has 2 rings (SSSR count). The lowest BCUT2D eigenvalue weighted by Gasteiger charge is -2.30. The fourth-order valence-electron chi connectivity index (χ4n) is 3.74. The molecule has 1 saturated carbocycles. The summed E-state index contributed by atoms with van der Waals surface area (Å²) in [5.41, 5.74) is 0. The van der Waals surface area contributed by atoms with Crippen LogP contribution in [0.25, 0.3) is 0 Å². The third-order valence-corrected chi connectivity index (χ3v) is 5.10. The number of hydrogen-bond donors (Lipinski definition) is 2. The summed E-state index contributed by atoms with van der Waals surface area (Å²) in [6.45, 7) is 6.28. The minimum absolute atomic E-state index is 0.345. The third kappa shape index (κ3) is 4.73. The zero-order valence-electron chi connectivity index (χ0n) is 12.6. The molecule has 0 amide bonds. The molecular formula is C16H32N2O. The maximum absolute atomic E-state index is 9.28. The Labute approximate surface area is 118 Å². The highest BCUT2D eigenvalue weighted by Gasteiger charge is 2.23. The van der Waals surface area contributed by atoms with E-state index in [4.69, 9.17) is 0 Å². The Morgan fingerprint density at radius 1 is 1.11 bits per heavy atom. The molecule has 3 unspecified atom stereocenters. The lowest BCUT2D eigenvalue weighted by Crippen LogP contribution is -2.38. The van der Waals surface area contributed by atoms with Crippen molar-refractivity contribution in [3.05, 3.63) is 0 Å². The molecule has 0 aromatic carbocycles. The van der Waals surface area contributed by atoms with Crippen molar-refractivity contribution in [2.45, 2.75) is 70.4 Å². The van der Waals surface area contributed by atoms with Crippen molar-refractivity contribution in [1.29, 1.82) is 0 Å². The van der Waals surface area contributed by atoms with E-state index in [9.17, 15) is 5.11 Å². The van der Waals surface area contributed by atoms with Gasteiger partial charge in [0.05, 0.1) is 6.61 Å². The average Bonchev–Trinajstić information content (AvgIpc) is 2.88. The molecule has 0 radical (unpaired) electrons. The molecule has 19 heavy (non-hydrogen) atoms. The van der Waals surface area contributed by atoms with Gasteiger partial charge in [0.15, 0.2) is 0 Å². The maximum Gasteiger partial charge on any atom is 0.0586 e. The van der Waals surface area contributed by atoms with Crippen molar-refractivity contribution in [3.8, 4) is 0 Å². The van der Waals surface area contributed by atoms with Crippen molar-refractivity contribution in [1.82, 2.24) is 10.2 Å². The van der Waals surface area contributed by atoms with E-state index in [1.165, 1.54) is 71.0 Å². The highest BCUT2D eigenvalue weighted by atomic mass is 16.3. The highest BCUT2D eigenvalue weighted by molar-refractivity contribution is 4.79. The van der Waals surface area contributed by atoms with Gasteiger partial charge in [-0.25, -0.2) is 0 Å². The summed E-state index contributed by atoms with van der Waals surface area (Å²) in [7, 11) is 0. The predicted octanol–water partition coefficient (Wildman–Crippen LogP) is 2.39. The number of nitrogens with one attached hydrogen (secondary N) is 1. The first-order chi connectivity index (χ1) is 9.31. The Bertz CT molecular complexity index is 243. The van der Waals surface area contributed by atoms with Crippen molar-refractivity contribution in [3.63, 3.8) is 0 Å². The van der Waals surface area contributed by atoms with Gasteiger partial charge in [-0.3, -0.25) is 4.90 Å². The summed E-state index contributed by atoms with van der Waals surface area (Å²) >= 11 is 0. The second-order valence-electron chi connectivity index (χ2n) is 6.54. The van der Waals surface area contributed by atoms with Crippen LogP contribution in [0.5, 0.6) is 0 Å². The SMILES string of the molecule is CC1CCCCC1NCCCCN1CCCC1CO. The van der Waals surface area contributed by atoms with E-state index in [0.717, 1.165) is 12.0 Å². The number of nitrogens with zero attached hydrogens (tertiary/aromatic N) is 1. The van der Waals surface area contributed by atoms with Crippen LogP contribution >= 0.6 is 0 Å². The van der Waals surface area contributed by atoms with E-state index in [1.54, 1.807) is 0 Å². The molecule has 1 saturated heterocycles. The van der Waals surface area contributed by atoms with Crippen LogP contribution in [0, 0.1) is 5.92 Å². The molecule has 2 aliphatic rings. The van der Waals surface area contributed by atoms with Crippen LogP contribution < -0.4 is 5.32 Å². The normalized spacial score (nSPS) is 32.8. The molecule has 2 N–H and O–H groups in total. The Hall–Kier alpha value is -0.120. The minimum atomic E-state index is 0.345. The highest BCUT2D eigenvalue weighted by Crippen LogP contribution is 2.23. The molecule has 1 heterocycles. The van der Waals surface area contributed by atoms with E-state index in [0.29, 0.717) is 12.6 Å². The zero-order chi connectivity index (χ0) is 13.5. The van der Waals surface area contributed by atoms with Crippen molar-refractivity contribution in [2.24, 2.45) is 5.92 Å². The smallest absolute Gasteiger partial charge is 0.0586 e. The second-order valence-corrected chi connectivity index (χ2v) is 6.54. The minimum Gasteiger partial charge on any atom is -0.395 e. The third-order valence-electron chi connectivity index (χ3n) is 5.10. The first-order valence-corrected chi connectivity index (χ1v) is 8.39. The van der Waals surface area contributed by atoms with Crippen LogP contribution in [-0.2, 0) is 0 Å². The van der Waals surface area contributed by atoms with Gasteiger partial charge in [0.25, 0.3) is 0 Å². The Balaban J connectivity index is 1.52. The van der Waals surface area contributed by atoms with Gasteiger partial charge in [0.2, 0.25) is 0 Å². The average molecular weight is 268 g/mol. The number of aliphatic hydroxyl groups is 1. The van der Waals surface area contributed by atoms with Gasteiger partial charge in [-0.1, -0.05) is 19.8 Å². The molecule has 0 aromatic rings. The standard InChI is InChI=1S/C16H32N2O/c1-14-7-2-3-9-16(14)17-10-4-5-11-18-12-6-8-15(18)13-19/h14-17,19H,2-13H2,1H3. The summed E-state index contributed by atoms with van der Waals surface area (Å²) in [4.78, 5) is 2.48. The van der Waals surface area contributed by atoms with E-state index >= 15 is 0 Å². The molecule has 0 spiro atoms. The lowest BCUT2D eigenvalue weighted by atomic mass is 9.86. The van der Waals surface area contributed by atoms with Crippen LogP contribution in [0.2, 0.25) is 0 Å². The van der Waals surface area contributed by atoms with Crippen LogP contribution in [0.15, 0.2) is 0 Å². The summed E-state index contributed by atoms with van der Waals surface area (Å²) in [5.74, 6) is 0.867. The summed E-state index contributed by atoms with van der Waals surface area (Å²) < 4.78 is 0. The van der Waals surface area contributed by atoms with Crippen molar-refractivity contribution in [2.75, 3.05) is 26.2 Å². The van der Waals surface area contributed by atoms with Crippen LogP contribution in [0.1, 0.15) is 58.3 Å². The topological polar surface area (TPSA) is 35.5 Å². The van der Waals surface area contributed by atoms with E-state index in [1.807, 2.05) is 0 Å². The molecule has 3 nitrogen and oxygen atoms in total. The largest absolute Gasteiger partial charge is 0.395 e. The van der Waals surface area contributed by atoms with E-state index < -0.39 is 0 Å². The number of likely N-dealkylation sites (tertiary alicyclic amines) is 1. The number of aliphatic hydroxyl groups excluding tert-OH is 1. The maximum atomic E-state index is 9.28. The molecule has 1 aliphatic heterocycles. The number of rotatable bonds is 7. The summed E-state index contributed by atoms with van der Waals surface area (Å²) in [5, 5.41) is 13.0. The molecule has 2 fully saturated rings. The fourth-order valence-corrected chi connectivity index (χ4v) is 3.74. The lowest BCUT2D eigenvalue weighted by molar-refractivity contribution is 0.156. The van der Waals surface area contributed by atoms with Crippen LogP contribution in [0.3, 0.4) is 0 Å². The molecule has 1 aliphatic carbocycles. The Kier molecular flexibility index (Phi) is 6.62. The first kappa shape index (κ1) is 15.3. The van der Waals surface area contributed by atoms with Crippen molar-refractivity contribution >= 4 is 0 Å².